The van der Waals surface area contributed by atoms with Crippen molar-refractivity contribution in [1.82, 2.24) is 15.1 Å². The fraction of sp³-hybridized carbons (Fsp3) is 0.609. The minimum Gasteiger partial charge on any atom is -0.467 e. The molecule has 0 aromatic carbocycles. The number of hydrogen-bond acceptors (Lipinski definition) is 4. The molecule has 0 saturated carbocycles. The SMILES string of the molecule is CCC[C@]1(C2CCN(C(=O)[C@@H]3CC=CCC3)CC2)NC(=O)N(Cc2ccco2)C1=O. The summed E-state index contributed by atoms with van der Waals surface area (Å²) in [5, 5.41) is 3.04. The van der Waals surface area contributed by atoms with E-state index in [9.17, 15) is 14.4 Å². The van der Waals surface area contributed by atoms with E-state index in [2.05, 4.69) is 17.5 Å². The van der Waals surface area contributed by atoms with Crippen molar-refractivity contribution in [2.45, 2.75) is 64.0 Å². The Labute approximate surface area is 177 Å². The molecule has 30 heavy (non-hydrogen) atoms. The lowest BCUT2D eigenvalue weighted by Gasteiger charge is -2.41. The molecule has 0 spiro atoms. The van der Waals surface area contributed by atoms with Gasteiger partial charge >= 0.3 is 6.03 Å². The first-order chi connectivity index (χ1) is 14.5. The lowest BCUT2D eigenvalue weighted by molar-refractivity contribution is -0.139. The van der Waals surface area contributed by atoms with Gasteiger partial charge in [-0.1, -0.05) is 25.5 Å². The second-order valence-corrected chi connectivity index (χ2v) is 8.70. The number of likely N-dealkylation sites (tertiary alicyclic amines) is 1. The highest BCUT2D eigenvalue weighted by Crippen LogP contribution is 2.38. The number of piperidine rings is 1. The third kappa shape index (κ3) is 3.77. The van der Waals surface area contributed by atoms with Crippen LogP contribution in [0.25, 0.3) is 0 Å². The van der Waals surface area contributed by atoms with Gasteiger partial charge in [-0.3, -0.25) is 14.5 Å². The molecule has 2 fully saturated rings. The summed E-state index contributed by atoms with van der Waals surface area (Å²) in [7, 11) is 0. The summed E-state index contributed by atoms with van der Waals surface area (Å²) in [6, 6.07) is 3.17. The van der Waals surface area contributed by atoms with E-state index in [0.717, 1.165) is 38.5 Å². The van der Waals surface area contributed by atoms with Crippen molar-refractivity contribution < 1.29 is 18.8 Å². The summed E-state index contributed by atoms with van der Waals surface area (Å²) in [6.07, 6.45) is 11.4. The highest BCUT2D eigenvalue weighted by Gasteiger charge is 2.55. The Morgan fingerprint density at radius 1 is 1.23 bits per heavy atom. The third-order valence-corrected chi connectivity index (χ3v) is 6.86. The lowest BCUT2D eigenvalue weighted by atomic mass is 9.74. The number of furan rings is 1. The zero-order valence-electron chi connectivity index (χ0n) is 17.6. The predicted molar refractivity (Wildman–Crippen MR) is 111 cm³/mol. The molecule has 1 aromatic heterocycles. The van der Waals surface area contributed by atoms with E-state index in [-0.39, 0.29) is 36.2 Å². The van der Waals surface area contributed by atoms with E-state index in [1.165, 1.54) is 4.90 Å². The molecule has 0 radical (unpaired) electrons. The van der Waals surface area contributed by atoms with Gasteiger partial charge in [-0.2, -0.15) is 0 Å². The van der Waals surface area contributed by atoms with Crippen LogP contribution in [0, 0.1) is 11.8 Å². The molecule has 4 rings (SSSR count). The molecule has 0 bridgehead atoms. The topological polar surface area (TPSA) is 82.9 Å². The van der Waals surface area contributed by atoms with E-state index in [1.54, 1.807) is 18.4 Å². The van der Waals surface area contributed by atoms with Crippen LogP contribution in [0.15, 0.2) is 35.0 Å². The largest absolute Gasteiger partial charge is 0.467 e. The van der Waals surface area contributed by atoms with Gasteiger partial charge in [0.1, 0.15) is 11.3 Å². The van der Waals surface area contributed by atoms with Gasteiger partial charge in [0.05, 0.1) is 12.8 Å². The second-order valence-electron chi connectivity index (χ2n) is 8.70. The van der Waals surface area contributed by atoms with Gasteiger partial charge in [0.15, 0.2) is 0 Å². The summed E-state index contributed by atoms with van der Waals surface area (Å²) in [5.74, 6) is 0.794. The average molecular weight is 414 g/mol. The number of imide groups is 1. The van der Waals surface area contributed by atoms with Crippen LogP contribution in [0.5, 0.6) is 0 Å². The molecule has 0 unspecified atom stereocenters. The van der Waals surface area contributed by atoms with Gasteiger partial charge in [0, 0.05) is 19.0 Å². The van der Waals surface area contributed by atoms with Crippen molar-refractivity contribution in [3.8, 4) is 0 Å². The van der Waals surface area contributed by atoms with Crippen molar-refractivity contribution in [1.29, 1.82) is 0 Å². The first kappa shape index (κ1) is 20.7. The quantitative estimate of drug-likeness (QED) is 0.572. The van der Waals surface area contributed by atoms with Crippen LogP contribution in [0.4, 0.5) is 4.79 Å². The van der Waals surface area contributed by atoms with Crippen LogP contribution in [-0.2, 0) is 16.1 Å². The predicted octanol–water partition coefficient (Wildman–Crippen LogP) is 3.47. The van der Waals surface area contributed by atoms with E-state index in [4.69, 9.17) is 4.42 Å². The maximum atomic E-state index is 13.4. The van der Waals surface area contributed by atoms with Gasteiger partial charge in [-0.25, -0.2) is 4.79 Å². The minimum absolute atomic E-state index is 0.0332. The Bertz CT molecular complexity index is 810. The van der Waals surface area contributed by atoms with E-state index in [0.29, 0.717) is 25.3 Å². The number of allylic oxidation sites excluding steroid dienone is 2. The van der Waals surface area contributed by atoms with Crippen molar-refractivity contribution in [2.75, 3.05) is 13.1 Å². The fourth-order valence-corrected chi connectivity index (χ4v) is 5.26. The molecule has 2 saturated heterocycles. The van der Waals surface area contributed by atoms with Gasteiger partial charge < -0.3 is 14.6 Å². The number of rotatable bonds is 6. The van der Waals surface area contributed by atoms with Crippen molar-refractivity contribution >= 4 is 17.8 Å². The van der Waals surface area contributed by atoms with Crippen LogP contribution in [0.3, 0.4) is 0 Å². The van der Waals surface area contributed by atoms with Gasteiger partial charge in [-0.05, 0) is 56.6 Å². The van der Waals surface area contributed by atoms with Gasteiger partial charge in [-0.15, -0.1) is 0 Å². The lowest BCUT2D eigenvalue weighted by Crippen LogP contribution is -2.56. The number of carbonyl (C=O) groups is 3. The van der Waals surface area contributed by atoms with E-state index < -0.39 is 5.54 Å². The number of urea groups is 1. The van der Waals surface area contributed by atoms with Gasteiger partial charge in [0.25, 0.3) is 5.91 Å². The van der Waals surface area contributed by atoms with E-state index in [1.807, 2.05) is 11.8 Å². The van der Waals surface area contributed by atoms with Crippen molar-refractivity contribution in [3.05, 3.63) is 36.3 Å². The molecule has 3 aliphatic rings. The molecule has 2 aliphatic heterocycles. The Kier molecular flexibility index (Phi) is 5.97. The van der Waals surface area contributed by atoms with E-state index >= 15 is 0 Å². The van der Waals surface area contributed by atoms with Crippen LogP contribution in [-0.4, -0.2) is 46.3 Å². The van der Waals surface area contributed by atoms with Crippen LogP contribution in [0.2, 0.25) is 0 Å². The maximum Gasteiger partial charge on any atom is 0.325 e. The minimum atomic E-state index is -0.874. The molecular formula is C23H31N3O4. The third-order valence-electron chi connectivity index (χ3n) is 6.86. The Hall–Kier alpha value is -2.57. The molecule has 7 nitrogen and oxygen atoms in total. The molecule has 1 N–H and O–H groups in total. The highest BCUT2D eigenvalue weighted by molar-refractivity contribution is 6.07. The first-order valence-electron chi connectivity index (χ1n) is 11.2. The van der Waals surface area contributed by atoms with Crippen molar-refractivity contribution in [3.63, 3.8) is 0 Å². The zero-order valence-corrected chi connectivity index (χ0v) is 17.6. The van der Waals surface area contributed by atoms with Crippen molar-refractivity contribution in [2.24, 2.45) is 11.8 Å². The summed E-state index contributed by atoms with van der Waals surface area (Å²) in [6.45, 7) is 3.48. The normalized spacial score (nSPS) is 27.6. The molecule has 162 valence electrons. The highest BCUT2D eigenvalue weighted by atomic mass is 16.3. The Morgan fingerprint density at radius 3 is 2.67 bits per heavy atom. The van der Waals surface area contributed by atoms with Crippen LogP contribution in [0.1, 0.15) is 57.6 Å². The summed E-state index contributed by atoms with van der Waals surface area (Å²) >= 11 is 0. The maximum absolute atomic E-state index is 13.4. The number of nitrogens with zero attached hydrogens (tertiary/aromatic N) is 2. The second kappa shape index (κ2) is 8.66. The van der Waals surface area contributed by atoms with Crippen LogP contribution >= 0.6 is 0 Å². The number of hydrogen-bond donors (Lipinski definition) is 1. The van der Waals surface area contributed by atoms with Gasteiger partial charge in [0.2, 0.25) is 5.91 Å². The van der Waals surface area contributed by atoms with Crippen LogP contribution < -0.4 is 5.32 Å². The molecular weight excluding hydrogens is 382 g/mol. The number of nitrogens with one attached hydrogen (secondary N) is 1. The monoisotopic (exact) mass is 413 g/mol. The molecule has 2 atom stereocenters. The average Bonchev–Trinajstić information content (AvgIpc) is 3.37. The number of amides is 4. The molecule has 1 aliphatic carbocycles. The smallest absolute Gasteiger partial charge is 0.325 e. The molecule has 3 heterocycles. The molecule has 4 amide bonds. The summed E-state index contributed by atoms with van der Waals surface area (Å²) in [5.41, 5.74) is -0.874. The Morgan fingerprint density at radius 2 is 2.03 bits per heavy atom. The fourth-order valence-electron chi connectivity index (χ4n) is 5.26. The molecule has 1 aromatic rings. The standard InChI is InChI=1S/C23H31N3O4/c1-2-12-23(21(28)26(22(29)24-23)16-19-9-6-15-30-19)18-10-13-25(14-11-18)20(27)17-7-4-3-5-8-17/h3-4,6,9,15,17-18H,2,5,7-8,10-14,16H2,1H3,(H,24,29)/t17-,23-/m1/s1. The Balaban J connectivity index is 1.44. The summed E-state index contributed by atoms with van der Waals surface area (Å²) < 4.78 is 5.34. The summed E-state index contributed by atoms with van der Waals surface area (Å²) in [4.78, 5) is 42.2. The zero-order chi connectivity index (χ0) is 21.1. The molecule has 7 heteroatoms. The first-order valence-corrected chi connectivity index (χ1v) is 11.2. The number of carbonyl (C=O) groups excluding carboxylic acids is 3.